The molecule has 0 unspecified atom stereocenters. The highest BCUT2D eigenvalue weighted by molar-refractivity contribution is 7.98. The maximum Gasteiger partial charge on any atom is 0.255 e. The van der Waals surface area contributed by atoms with E-state index in [1.54, 1.807) is 28.6 Å². The van der Waals surface area contributed by atoms with Gasteiger partial charge in [-0.1, -0.05) is 5.21 Å². The van der Waals surface area contributed by atoms with Crippen LogP contribution in [-0.4, -0.2) is 27.2 Å². The summed E-state index contributed by atoms with van der Waals surface area (Å²) in [5, 5.41) is 11.0. The molecule has 3 rings (SSSR count). The summed E-state index contributed by atoms with van der Waals surface area (Å²) in [4.78, 5) is 13.5. The number of amides is 1. The second-order valence-corrected chi connectivity index (χ2v) is 5.67. The molecular formula is C16H16N4OS. The average Bonchev–Trinajstić information content (AvgIpc) is 2.97. The Morgan fingerprint density at radius 3 is 2.68 bits per heavy atom. The summed E-state index contributed by atoms with van der Waals surface area (Å²) in [6.45, 7) is 2.76. The van der Waals surface area contributed by atoms with Crippen molar-refractivity contribution >= 4 is 34.4 Å². The number of aryl methyl sites for hydroxylation is 1. The number of aromatic nitrogens is 3. The fourth-order valence-electron chi connectivity index (χ4n) is 2.22. The summed E-state index contributed by atoms with van der Waals surface area (Å²) in [5.74, 6) is -0.148. The molecule has 3 aromatic rings. The van der Waals surface area contributed by atoms with Crippen LogP contribution in [0.3, 0.4) is 0 Å². The number of hydrogen-bond donors (Lipinski definition) is 1. The third-order valence-electron chi connectivity index (χ3n) is 3.42. The average molecular weight is 312 g/mol. The van der Waals surface area contributed by atoms with Crippen LogP contribution in [0.5, 0.6) is 0 Å². The normalized spacial score (nSPS) is 10.8. The van der Waals surface area contributed by atoms with E-state index >= 15 is 0 Å². The summed E-state index contributed by atoms with van der Waals surface area (Å²) in [7, 11) is 0. The highest BCUT2D eigenvalue weighted by Crippen LogP contribution is 2.19. The lowest BCUT2D eigenvalue weighted by molar-refractivity contribution is 0.102. The van der Waals surface area contributed by atoms with Gasteiger partial charge in [-0.3, -0.25) is 4.79 Å². The zero-order chi connectivity index (χ0) is 15.5. The van der Waals surface area contributed by atoms with Gasteiger partial charge in [0, 0.05) is 22.7 Å². The van der Waals surface area contributed by atoms with E-state index in [0.717, 1.165) is 28.2 Å². The van der Waals surface area contributed by atoms with E-state index in [1.807, 2.05) is 43.5 Å². The molecule has 6 heteroatoms. The van der Waals surface area contributed by atoms with E-state index < -0.39 is 0 Å². The molecule has 0 aliphatic rings. The fourth-order valence-corrected chi connectivity index (χ4v) is 2.63. The van der Waals surface area contributed by atoms with Gasteiger partial charge in [0.15, 0.2) is 0 Å². The van der Waals surface area contributed by atoms with Crippen molar-refractivity contribution in [1.82, 2.24) is 15.0 Å². The molecule has 0 saturated heterocycles. The second kappa shape index (κ2) is 6.19. The smallest absolute Gasteiger partial charge is 0.255 e. The maximum atomic E-state index is 12.3. The Bertz CT molecular complexity index is 811. The molecule has 1 amide bonds. The van der Waals surface area contributed by atoms with Crippen LogP contribution in [0, 0.1) is 0 Å². The minimum Gasteiger partial charge on any atom is -0.322 e. The Balaban J connectivity index is 1.82. The molecule has 0 saturated carbocycles. The molecule has 1 aromatic heterocycles. The van der Waals surface area contributed by atoms with Crippen LogP contribution in [0.25, 0.3) is 11.0 Å². The number of hydrogen-bond acceptors (Lipinski definition) is 4. The minimum atomic E-state index is -0.148. The van der Waals surface area contributed by atoms with Crippen LogP contribution in [-0.2, 0) is 6.54 Å². The molecule has 5 nitrogen and oxygen atoms in total. The number of fused-ring (bicyclic) bond motifs is 1. The molecular weight excluding hydrogens is 296 g/mol. The van der Waals surface area contributed by atoms with Gasteiger partial charge in [0.2, 0.25) is 0 Å². The summed E-state index contributed by atoms with van der Waals surface area (Å²) >= 11 is 1.67. The predicted molar refractivity (Wildman–Crippen MR) is 89.4 cm³/mol. The fraction of sp³-hybridized carbons (Fsp3) is 0.188. The number of thioether (sulfide) groups is 1. The number of nitrogens with one attached hydrogen (secondary N) is 1. The lowest BCUT2D eigenvalue weighted by Crippen LogP contribution is -2.11. The Morgan fingerprint density at radius 1 is 1.23 bits per heavy atom. The number of rotatable bonds is 4. The summed E-state index contributed by atoms with van der Waals surface area (Å²) in [5.41, 5.74) is 3.01. The molecule has 0 atom stereocenters. The molecule has 0 aliphatic heterocycles. The topological polar surface area (TPSA) is 59.8 Å². The maximum absolute atomic E-state index is 12.3. The summed E-state index contributed by atoms with van der Waals surface area (Å²) in [6, 6.07) is 13.2. The van der Waals surface area contributed by atoms with Gasteiger partial charge in [-0.05, 0) is 55.6 Å². The van der Waals surface area contributed by atoms with Crippen molar-refractivity contribution < 1.29 is 4.79 Å². The first-order chi connectivity index (χ1) is 10.7. The highest BCUT2D eigenvalue weighted by Gasteiger charge is 2.10. The standard InChI is InChI=1S/C16H16N4OS/c1-3-20-15-9-4-11(10-14(15)18-19-20)16(21)17-12-5-7-13(22-2)8-6-12/h4-10H,3H2,1-2H3,(H,17,21). The Morgan fingerprint density at radius 2 is 2.00 bits per heavy atom. The van der Waals surface area contributed by atoms with Crippen LogP contribution in [0.15, 0.2) is 47.4 Å². The quantitative estimate of drug-likeness (QED) is 0.750. The molecule has 0 aliphatic carbocycles. The third-order valence-corrected chi connectivity index (χ3v) is 4.17. The number of carbonyl (C=O) groups excluding carboxylic acids is 1. The third kappa shape index (κ3) is 2.82. The first-order valence-corrected chi connectivity index (χ1v) is 8.22. The molecule has 0 radical (unpaired) electrons. The number of nitrogens with zero attached hydrogens (tertiary/aromatic N) is 3. The molecule has 22 heavy (non-hydrogen) atoms. The molecule has 1 heterocycles. The number of anilines is 1. The van der Waals surface area contributed by atoms with Crippen LogP contribution in [0.4, 0.5) is 5.69 Å². The van der Waals surface area contributed by atoms with Crippen molar-refractivity contribution in [2.24, 2.45) is 0 Å². The van der Waals surface area contributed by atoms with Crippen molar-refractivity contribution in [3.05, 3.63) is 48.0 Å². The van der Waals surface area contributed by atoms with E-state index in [4.69, 9.17) is 0 Å². The monoisotopic (exact) mass is 312 g/mol. The highest BCUT2D eigenvalue weighted by atomic mass is 32.2. The molecule has 0 fully saturated rings. The van der Waals surface area contributed by atoms with E-state index in [1.165, 1.54) is 0 Å². The SMILES string of the molecule is CCn1nnc2cc(C(=O)Nc3ccc(SC)cc3)ccc21. The van der Waals surface area contributed by atoms with Gasteiger partial charge in [0.25, 0.3) is 5.91 Å². The van der Waals surface area contributed by atoms with Crippen molar-refractivity contribution in [2.45, 2.75) is 18.4 Å². The van der Waals surface area contributed by atoms with Crippen molar-refractivity contribution in [2.75, 3.05) is 11.6 Å². The summed E-state index contributed by atoms with van der Waals surface area (Å²) < 4.78 is 1.80. The van der Waals surface area contributed by atoms with Gasteiger partial charge in [-0.2, -0.15) is 0 Å². The summed E-state index contributed by atoms with van der Waals surface area (Å²) in [6.07, 6.45) is 2.02. The second-order valence-electron chi connectivity index (χ2n) is 4.79. The molecule has 1 N–H and O–H groups in total. The van der Waals surface area contributed by atoms with E-state index in [0.29, 0.717) is 5.56 Å². The van der Waals surface area contributed by atoms with Crippen molar-refractivity contribution in [3.8, 4) is 0 Å². The van der Waals surface area contributed by atoms with Crippen LogP contribution in [0.1, 0.15) is 17.3 Å². The van der Waals surface area contributed by atoms with Crippen LogP contribution in [0.2, 0.25) is 0 Å². The predicted octanol–water partition coefficient (Wildman–Crippen LogP) is 3.43. The number of benzene rings is 2. The van der Waals surface area contributed by atoms with E-state index in [9.17, 15) is 4.79 Å². The van der Waals surface area contributed by atoms with E-state index in [2.05, 4.69) is 15.6 Å². The Hall–Kier alpha value is -2.34. The molecule has 112 valence electrons. The zero-order valence-electron chi connectivity index (χ0n) is 12.4. The van der Waals surface area contributed by atoms with Crippen LogP contribution < -0.4 is 5.32 Å². The van der Waals surface area contributed by atoms with E-state index in [-0.39, 0.29) is 5.91 Å². The first kappa shape index (κ1) is 14.6. The van der Waals surface area contributed by atoms with Crippen molar-refractivity contribution in [3.63, 3.8) is 0 Å². The Kier molecular flexibility index (Phi) is 4.11. The van der Waals surface area contributed by atoms with Crippen LogP contribution >= 0.6 is 11.8 Å². The first-order valence-electron chi connectivity index (χ1n) is 7.00. The van der Waals surface area contributed by atoms with Gasteiger partial charge in [-0.15, -0.1) is 16.9 Å². The van der Waals surface area contributed by atoms with Crippen molar-refractivity contribution in [1.29, 1.82) is 0 Å². The lowest BCUT2D eigenvalue weighted by atomic mass is 10.2. The van der Waals surface area contributed by atoms with Gasteiger partial charge in [-0.25, -0.2) is 4.68 Å². The van der Waals surface area contributed by atoms with Gasteiger partial charge < -0.3 is 5.32 Å². The largest absolute Gasteiger partial charge is 0.322 e. The number of carbonyl (C=O) groups is 1. The lowest BCUT2D eigenvalue weighted by Gasteiger charge is -2.06. The molecule has 0 spiro atoms. The van der Waals surface area contributed by atoms with Gasteiger partial charge in [0.1, 0.15) is 5.52 Å². The Labute approximate surface area is 132 Å². The molecule has 0 bridgehead atoms. The molecule has 2 aromatic carbocycles. The zero-order valence-corrected chi connectivity index (χ0v) is 13.2. The van der Waals surface area contributed by atoms with Gasteiger partial charge in [0.05, 0.1) is 5.52 Å². The minimum absolute atomic E-state index is 0.148. The van der Waals surface area contributed by atoms with Gasteiger partial charge >= 0.3 is 0 Å².